The monoisotopic (exact) mass is 416 g/mol. The summed E-state index contributed by atoms with van der Waals surface area (Å²) in [7, 11) is 0. The summed E-state index contributed by atoms with van der Waals surface area (Å²) < 4.78 is 12.8. The molecule has 0 bridgehead atoms. The number of aromatic amines is 1. The number of unbranched alkanes of at least 4 members (excludes halogenated alkanes) is 1. The number of nitrogens with two attached hydrogens (primary N) is 1. The minimum Gasteiger partial charge on any atom is -0.485 e. The maximum absolute atomic E-state index is 13.4. The van der Waals surface area contributed by atoms with Crippen LogP contribution in [-0.4, -0.2) is 34.7 Å². The first-order valence-corrected chi connectivity index (χ1v) is 10.2. The van der Waals surface area contributed by atoms with Gasteiger partial charge in [-0.05, 0) is 24.5 Å². The van der Waals surface area contributed by atoms with Crippen molar-refractivity contribution in [2.75, 3.05) is 23.8 Å². The van der Waals surface area contributed by atoms with Gasteiger partial charge in [0.15, 0.2) is 17.2 Å². The molecule has 0 saturated carbocycles. The highest BCUT2D eigenvalue weighted by atomic mass is 16.6. The van der Waals surface area contributed by atoms with E-state index in [1.165, 1.54) is 9.47 Å². The molecule has 1 aliphatic heterocycles. The summed E-state index contributed by atoms with van der Waals surface area (Å²) in [5, 5.41) is 0. The van der Waals surface area contributed by atoms with Gasteiger partial charge in [-0.3, -0.25) is 19.1 Å². The third kappa shape index (κ3) is 4.34. The number of benzene rings is 1. The first kappa shape index (κ1) is 21.5. The van der Waals surface area contributed by atoms with Gasteiger partial charge in [-0.1, -0.05) is 39.3 Å². The Labute approximate surface area is 174 Å². The second kappa shape index (κ2) is 9.06. The van der Waals surface area contributed by atoms with Crippen LogP contribution in [0.25, 0.3) is 0 Å². The molecule has 0 fully saturated rings. The number of fused-ring (bicyclic) bond motifs is 1. The van der Waals surface area contributed by atoms with Gasteiger partial charge in [0.05, 0.1) is 0 Å². The van der Waals surface area contributed by atoms with E-state index in [2.05, 4.69) is 4.98 Å². The number of hydrogen-bond acceptors (Lipinski definition) is 6. The van der Waals surface area contributed by atoms with Gasteiger partial charge in [-0.25, -0.2) is 4.79 Å². The van der Waals surface area contributed by atoms with Crippen LogP contribution in [0.2, 0.25) is 0 Å². The van der Waals surface area contributed by atoms with E-state index >= 15 is 0 Å². The number of amides is 1. The standard InChI is InChI=1S/C21H28N4O5/c1-4-5-10-24-18(22)17(19(26)23-21(24)28)25(11-13(2)3)20(27)16-12-29-14-8-6-7-9-15(14)30-16/h6-9,13,16H,4-5,10-12,22H2,1-3H3,(H,23,26,28)/t16-/m1/s1. The lowest BCUT2D eigenvalue weighted by Crippen LogP contribution is -2.50. The van der Waals surface area contributed by atoms with E-state index in [-0.39, 0.29) is 30.6 Å². The number of carbonyl (C=O) groups is 1. The molecule has 2 aromatic rings. The smallest absolute Gasteiger partial charge is 0.330 e. The van der Waals surface area contributed by atoms with E-state index in [1.54, 1.807) is 18.2 Å². The van der Waals surface area contributed by atoms with E-state index in [0.717, 1.165) is 6.42 Å². The van der Waals surface area contributed by atoms with Gasteiger partial charge < -0.3 is 20.1 Å². The third-order valence-corrected chi connectivity index (χ3v) is 4.82. The lowest BCUT2D eigenvalue weighted by Gasteiger charge is -2.32. The fourth-order valence-corrected chi connectivity index (χ4v) is 3.35. The van der Waals surface area contributed by atoms with Gasteiger partial charge in [0.1, 0.15) is 12.4 Å². The van der Waals surface area contributed by atoms with E-state index in [9.17, 15) is 14.4 Å². The molecule has 0 aliphatic carbocycles. The predicted octanol–water partition coefficient (Wildman–Crippen LogP) is 1.75. The summed E-state index contributed by atoms with van der Waals surface area (Å²) in [6.45, 7) is 6.43. The van der Waals surface area contributed by atoms with Crippen LogP contribution in [0.15, 0.2) is 33.9 Å². The Morgan fingerprint density at radius 1 is 1.30 bits per heavy atom. The summed E-state index contributed by atoms with van der Waals surface area (Å²) >= 11 is 0. The molecule has 1 aromatic heterocycles. The summed E-state index contributed by atoms with van der Waals surface area (Å²) in [5.74, 6) is 0.587. The first-order chi connectivity index (χ1) is 14.3. The molecule has 9 nitrogen and oxygen atoms in total. The normalized spacial score (nSPS) is 15.3. The Balaban J connectivity index is 2.00. The number of anilines is 2. The van der Waals surface area contributed by atoms with Gasteiger partial charge in [0.25, 0.3) is 11.5 Å². The minimum absolute atomic E-state index is 0.0116. The number of aromatic nitrogens is 2. The maximum Gasteiger partial charge on any atom is 0.330 e. The number of ether oxygens (including phenoxy) is 2. The fraction of sp³-hybridized carbons (Fsp3) is 0.476. The molecular weight excluding hydrogens is 388 g/mol. The van der Waals surface area contributed by atoms with E-state index in [4.69, 9.17) is 15.2 Å². The average Bonchev–Trinajstić information content (AvgIpc) is 2.71. The van der Waals surface area contributed by atoms with Crippen LogP contribution < -0.4 is 31.4 Å². The lowest BCUT2D eigenvalue weighted by molar-refractivity contribution is -0.127. The van der Waals surface area contributed by atoms with Crippen LogP contribution >= 0.6 is 0 Å². The number of nitrogens with one attached hydrogen (secondary N) is 1. The molecule has 30 heavy (non-hydrogen) atoms. The highest BCUT2D eigenvalue weighted by molar-refractivity contribution is 5.99. The van der Waals surface area contributed by atoms with Crippen molar-refractivity contribution in [2.45, 2.75) is 46.3 Å². The highest BCUT2D eigenvalue weighted by Crippen LogP contribution is 2.32. The zero-order valence-electron chi connectivity index (χ0n) is 17.5. The summed E-state index contributed by atoms with van der Waals surface area (Å²) in [6.07, 6.45) is 0.625. The van der Waals surface area contributed by atoms with Gasteiger partial charge >= 0.3 is 5.69 Å². The highest BCUT2D eigenvalue weighted by Gasteiger charge is 2.34. The second-order valence-electron chi connectivity index (χ2n) is 7.71. The molecule has 0 saturated heterocycles. The quantitative estimate of drug-likeness (QED) is 0.710. The largest absolute Gasteiger partial charge is 0.485 e. The number of nitrogen functional groups attached to an aromatic ring is 1. The Morgan fingerprint density at radius 3 is 2.67 bits per heavy atom. The van der Waals surface area contributed by atoms with Gasteiger partial charge in [0.2, 0.25) is 6.10 Å². The van der Waals surface area contributed by atoms with Crippen molar-refractivity contribution >= 4 is 17.4 Å². The second-order valence-corrected chi connectivity index (χ2v) is 7.71. The number of H-pyrrole nitrogens is 1. The van der Waals surface area contributed by atoms with E-state index < -0.39 is 23.3 Å². The molecule has 0 unspecified atom stereocenters. The minimum atomic E-state index is -0.937. The molecule has 1 aromatic carbocycles. The Kier molecular flexibility index (Phi) is 6.49. The van der Waals surface area contributed by atoms with Crippen molar-refractivity contribution in [3.8, 4) is 11.5 Å². The summed E-state index contributed by atoms with van der Waals surface area (Å²) in [6, 6.07) is 7.07. The molecule has 3 rings (SSSR count). The Morgan fingerprint density at radius 2 is 2.00 bits per heavy atom. The molecule has 0 spiro atoms. The van der Waals surface area contributed by atoms with Crippen LogP contribution in [0.3, 0.4) is 0 Å². The first-order valence-electron chi connectivity index (χ1n) is 10.2. The number of carbonyl (C=O) groups excluding carboxylic acids is 1. The van der Waals surface area contributed by atoms with E-state index in [1.807, 2.05) is 26.8 Å². The topological polar surface area (TPSA) is 120 Å². The van der Waals surface area contributed by atoms with Crippen molar-refractivity contribution < 1.29 is 14.3 Å². The fourth-order valence-electron chi connectivity index (χ4n) is 3.35. The molecule has 1 aliphatic rings. The van der Waals surface area contributed by atoms with Crippen molar-refractivity contribution in [3.63, 3.8) is 0 Å². The molecule has 9 heteroatoms. The number of nitrogens with zero attached hydrogens (tertiary/aromatic N) is 2. The predicted molar refractivity (Wildman–Crippen MR) is 114 cm³/mol. The number of rotatable bonds is 7. The average molecular weight is 416 g/mol. The van der Waals surface area contributed by atoms with Crippen molar-refractivity contribution in [3.05, 3.63) is 45.1 Å². The third-order valence-electron chi connectivity index (χ3n) is 4.82. The summed E-state index contributed by atoms with van der Waals surface area (Å²) in [4.78, 5) is 41.9. The molecule has 162 valence electrons. The molecule has 2 heterocycles. The Hall–Kier alpha value is -3.23. The summed E-state index contributed by atoms with van der Waals surface area (Å²) in [5.41, 5.74) is 4.90. The number of hydrogen-bond donors (Lipinski definition) is 2. The molecule has 1 amide bonds. The van der Waals surface area contributed by atoms with Gasteiger partial charge in [-0.15, -0.1) is 0 Å². The van der Waals surface area contributed by atoms with Crippen LogP contribution in [0.4, 0.5) is 11.5 Å². The molecule has 1 atom stereocenters. The van der Waals surface area contributed by atoms with Crippen molar-refractivity contribution in [1.82, 2.24) is 9.55 Å². The van der Waals surface area contributed by atoms with Gasteiger partial charge in [0, 0.05) is 13.1 Å². The van der Waals surface area contributed by atoms with Crippen LogP contribution in [0, 0.1) is 5.92 Å². The molecule has 3 N–H and O–H groups in total. The van der Waals surface area contributed by atoms with E-state index in [0.29, 0.717) is 24.5 Å². The SMILES string of the molecule is CCCCn1c(N)c(N(CC(C)C)C(=O)[C@H]2COc3ccccc3O2)c(=O)[nH]c1=O. The van der Waals surface area contributed by atoms with Crippen molar-refractivity contribution in [2.24, 2.45) is 5.92 Å². The molecule has 0 radical (unpaired) electrons. The number of para-hydroxylation sites is 2. The zero-order chi connectivity index (χ0) is 21.8. The van der Waals surface area contributed by atoms with Gasteiger partial charge in [-0.2, -0.15) is 0 Å². The van der Waals surface area contributed by atoms with Crippen LogP contribution in [0.1, 0.15) is 33.6 Å². The maximum atomic E-state index is 13.4. The zero-order valence-corrected chi connectivity index (χ0v) is 17.5. The lowest BCUT2D eigenvalue weighted by atomic mass is 10.1. The van der Waals surface area contributed by atoms with Crippen molar-refractivity contribution in [1.29, 1.82) is 0 Å². The Bertz CT molecular complexity index is 1030. The van der Waals surface area contributed by atoms with Crippen LogP contribution in [-0.2, 0) is 11.3 Å². The molecular formula is C21H28N4O5. The van der Waals surface area contributed by atoms with Crippen LogP contribution in [0.5, 0.6) is 11.5 Å².